The molecule has 28 heavy (non-hydrogen) atoms. The molecule has 0 radical (unpaired) electrons. The van der Waals surface area contributed by atoms with Crippen molar-refractivity contribution in [1.29, 1.82) is 0 Å². The molecule has 3 nitrogen and oxygen atoms in total. The minimum absolute atomic E-state index is 0.291. The van der Waals surface area contributed by atoms with Gasteiger partial charge >= 0.3 is 5.97 Å². The van der Waals surface area contributed by atoms with E-state index in [0.29, 0.717) is 12.2 Å². The van der Waals surface area contributed by atoms with Crippen molar-refractivity contribution < 1.29 is 14.3 Å². The lowest BCUT2D eigenvalue weighted by atomic mass is 9.77. The summed E-state index contributed by atoms with van der Waals surface area (Å²) in [6, 6.07) is 8.78. The third-order valence-corrected chi connectivity index (χ3v) is 5.78. The molecule has 0 unspecified atom stereocenters. The summed E-state index contributed by atoms with van der Waals surface area (Å²) in [5.74, 6) is 2.38. The third-order valence-electron chi connectivity index (χ3n) is 5.78. The average molecular weight is 387 g/mol. The molecule has 0 atom stereocenters. The molecule has 1 saturated carbocycles. The molecule has 1 aromatic carbocycles. The highest BCUT2D eigenvalue weighted by Crippen LogP contribution is 2.37. The van der Waals surface area contributed by atoms with Crippen LogP contribution in [0.25, 0.3) is 0 Å². The van der Waals surface area contributed by atoms with Gasteiger partial charge in [0.05, 0.1) is 13.2 Å². The van der Waals surface area contributed by atoms with Gasteiger partial charge in [-0.05, 0) is 87.8 Å². The van der Waals surface area contributed by atoms with Gasteiger partial charge in [-0.25, -0.2) is 4.79 Å². The van der Waals surface area contributed by atoms with E-state index in [1.54, 1.807) is 6.92 Å². The summed E-state index contributed by atoms with van der Waals surface area (Å²) in [6.07, 6.45) is 12.2. The van der Waals surface area contributed by atoms with Crippen LogP contribution >= 0.6 is 0 Å². The Morgan fingerprint density at radius 2 is 1.64 bits per heavy atom. The van der Waals surface area contributed by atoms with E-state index >= 15 is 0 Å². The number of carbonyl (C=O) groups is 1. The Balaban J connectivity index is 1.55. The Hall–Kier alpha value is -1.77. The van der Waals surface area contributed by atoms with Crippen molar-refractivity contribution >= 4 is 5.97 Å². The summed E-state index contributed by atoms with van der Waals surface area (Å²) in [7, 11) is 0. The normalized spacial score (nSPS) is 19.2. The molecule has 1 aliphatic rings. The van der Waals surface area contributed by atoms with Crippen LogP contribution < -0.4 is 4.74 Å². The van der Waals surface area contributed by atoms with Gasteiger partial charge in [0.15, 0.2) is 0 Å². The van der Waals surface area contributed by atoms with Gasteiger partial charge in [-0.1, -0.05) is 38.5 Å². The van der Waals surface area contributed by atoms with Gasteiger partial charge in [0, 0.05) is 5.57 Å². The summed E-state index contributed by atoms with van der Waals surface area (Å²) < 4.78 is 11.0. The SMILES string of the molecule is C=C(C)C(=O)OCCCCCCOc1ccc([C@H]2CC[C@H](CCC)CC2)cc1. The maximum atomic E-state index is 11.3. The topological polar surface area (TPSA) is 35.5 Å². The van der Waals surface area contributed by atoms with Crippen LogP contribution in [0.15, 0.2) is 36.4 Å². The van der Waals surface area contributed by atoms with Gasteiger partial charge in [0.1, 0.15) is 5.75 Å². The molecule has 1 fully saturated rings. The Labute approximate surface area is 171 Å². The summed E-state index contributed by atoms with van der Waals surface area (Å²) in [5, 5.41) is 0. The summed E-state index contributed by atoms with van der Waals surface area (Å²) >= 11 is 0. The fourth-order valence-corrected chi connectivity index (χ4v) is 4.06. The van der Waals surface area contributed by atoms with Crippen LogP contribution in [-0.2, 0) is 9.53 Å². The number of hydrogen-bond acceptors (Lipinski definition) is 3. The van der Waals surface area contributed by atoms with E-state index in [2.05, 4.69) is 37.8 Å². The number of unbranched alkanes of at least 4 members (excludes halogenated alkanes) is 3. The average Bonchev–Trinajstić information content (AvgIpc) is 2.71. The summed E-state index contributed by atoms with van der Waals surface area (Å²) in [4.78, 5) is 11.3. The highest BCUT2D eigenvalue weighted by Gasteiger charge is 2.21. The molecule has 1 aromatic rings. The Morgan fingerprint density at radius 3 is 2.25 bits per heavy atom. The predicted molar refractivity (Wildman–Crippen MR) is 116 cm³/mol. The zero-order valence-electron chi connectivity index (χ0n) is 17.9. The van der Waals surface area contributed by atoms with Crippen molar-refractivity contribution in [3.8, 4) is 5.75 Å². The van der Waals surface area contributed by atoms with Gasteiger partial charge in [-0.15, -0.1) is 0 Å². The standard InChI is InChI=1S/C25H38O3/c1-4-9-21-10-12-22(13-11-21)23-14-16-24(17-15-23)27-18-7-5-6-8-19-28-25(26)20(2)3/h14-17,21-22H,2,4-13,18-19H2,1,3H3/t21-,22-. The fraction of sp³-hybridized carbons (Fsp3) is 0.640. The zero-order valence-corrected chi connectivity index (χ0v) is 17.9. The monoisotopic (exact) mass is 386 g/mol. The highest BCUT2D eigenvalue weighted by molar-refractivity contribution is 5.86. The first-order valence-electron chi connectivity index (χ1n) is 11.2. The van der Waals surface area contributed by atoms with Gasteiger partial charge in [-0.2, -0.15) is 0 Å². The first kappa shape index (κ1) is 22.5. The minimum atomic E-state index is -0.291. The van der Waals surface area contributed by atoms with Crippen LogP contribution in [0.4, 0.5) is 0 Å². The van der Waals surface area contributed by atoms with Crippen molar-refractivity contribution in [3.63, 3.8) is 0 Å². The van der Waals surface area contributed by atoms with Crippen molar-refractivity contribution in [3.05, 3.63) is 42.0 Å². The van der Waals surface area contributed by atoms with E-state index in [4.69, 9.17) is 9.47 Å². The molecule has 0 bridgehead atoms. The van der Waals surface area contributed by atoms with Crippen LogP contribution in [0.2, 0.25) is 0 Å². The molecular weight excluding hydrogens is 348 g/mol. The largest absolute Gasteiger partial charge is 0.494 e. The van der Waals surface area contributed by atoms with Gasteiger partial charge in [0.2, 0.25) is 0 Å². The smallest absolute Gasteiger partial charge is 0.333 e. The second-order valence-corrected chi connectivity index (χ2v) is 8.25. The van der Waals surface area contributed by atoms with Crippen molar-refractivity contribution in [1.82, 2.24) is 0 Å². The van der Waals surface area contributed by atoms with E-state index in [9.17, 15) is 4.79 Å². The van der Waals surface area contributed by atoms with E-state index in [1.807, 2.05) is 0 Å². The maximum absolute atomic E-state index is 11.3. The Kier molecular flexibility index (Phi) is 10.2. The summed E-state index contributed by atoms with van der Waals surface area (Å²) in [5.41, 5.74) is 1.94. The third kappa shape index (κ3) is 8.08. The molecule has 1 aliphatic carbocycles. The second kappa shape index (κ2) is 12.6. The number of rotatable bonds is 12. The van der Waals surface area contributed by atoms with Crippen LogP contribution in [-0.4, -0.2) is 19.2 Å². The molecule has 0 spiro atoms. The highest BCUT2D eigenvalue weighted by atomic mass is 16.5. The Morgan fingerprint density at radius 1 is 1.00 bits per heavy atom. The second-order valence-electron chi connectivity index (χ2n) is 8.25. The minimum Gasteiger partial charge on any atom is -0.494 e. The van der Waals surface area contributed by atoms with E-state index in [0.717, 1.165) is 49.9 Å². The maximum Gasteiger partial charge on any atom is 0.333 e. The predicted octanol–water partition coefficient (Wildman–Crippen LogP) is 6.82. The number of carbonyl (C=O) groups excluding carboxylic acids is 1. The zero-order chi connectivity index (χ0) is 20.2. The molecule has 2 rings (SSSR count). The van der Waals surface area contributed by atoms with Gasteiger partial charge in [0.25, 0.3) is 0 Å². The summed E-state index contributed by atoms with van der Waals surface area (Å²) in [6.45, 7) is 8.77. The van der Waals surface area contributed by atoms with Crippen LogP contribution in [0.3, 0.4) is 0 Å². The van der Waals surface area contributed by atoms with Gasteiger partial charge in [-0.3, -0.25) is 0 Å². The molecule has 0 heterocycles. The van der Waals surface area contributed by atoms with Crippen LogP contribution in [0.5, 0.6) is 5.75 Å². The number of esters is 1. The van der Waals surface area contributed by atoms with E-state index < -0.39 is 0 Å². The molecule has 156 valence electrons. The number of benzene rings is 1. The lowest BCUT2D eigenvalue weighted by molar-refractivity contribution is -0.139. The molecule has 3 heteroatoms. The van der Waals surface area contributed by atoms with Gasteiger partial charge < -0.3 is 9.47 Å². The first-order chi connectivity index (χ1) is 13.6. The molecule has 0 N–H and O–H groups in total. The fourth-order valence-electron chi connectivity index (χ4n) is 4.06. The van der Waals surface area contributed by atoms with Crippen molar-refractivity contribution in [2.24, 2.45) is 5.92 Å². The number of hydrogen-bond donors (Lipinski definition) is 0. The van der Waals surface area contributed by atoms with E-state index in [1.165, 1.54) is 44.1 Å². The van der Waals surface area contributed by atoms with Crippen LogP contribution in [0, 0.1) is 5.92 Å². The van der Waals surface area contributed by atoms with Crippen LogP contribution in [0.1, 0.15) is 89.5 Å². The quantitative estimate of drug-likeness (QED) is 0.225. The van der Waals surface area contributed by atoms with E-state index in [-0.39, 0.29) is 5.97 Å². The molecule has 0 saturated heterocycles. The first-order valence-corrected chi connectivity index (χ1v) is 11.2. The molecule has 0 aromatic heterocycles. The number of ether oxygens (including phenoxy) is 2. The lowest BCUT2D eigenvalue weighted by Gasteiger charge is -2.28. The van der Waals surface area contributed by atoms with Crippen molar-refractivity contribution in [2.45, 2.75) is 84.0 Å². The van der Waals surface area contributed by atoms with Crippen molar-refractivity contribution in [2.75, 3.05) is 13.2 Å². The lowest BCUT2D eigenvalue weighted by Crippen LogP contribution is -2.13. The molecular formula is C25H38O3. The Bertz CT molecular complexity index is 582. The molecule has 0 amide bonds. The molecule has 0 aliphatic heterocycles.